The molecular weight excluding hydrogens is 262 g/mol. The minimum atomic E-state index is -0.175. The van der Waals surface area contributed by atoms with Crippen LogP contribution in [0, 0.1) is 6.92 Å². The van der Waals surface area contributed by atoms with E-state index in [1.54, 1.807) is 6.07 Å². The van der Waals surface area contributed by atoms with Crippen molar-refractivity contribution in [3.63, 3.8) is 0 Å². The van der Waals surface area contributed by atoms with Crippen molar-refractivity contribution in [3.8, 4) is 0 Å². The molecule has 0 saturated heterocycles. The lowest BCUT2D eigenvalue weighted by Gasteiger charge is -2.11. The summed E-state index contributed by atoms with van der Waals surface area (Å²) in [5.74, 6) is 0.178. The summed E-state index contributed by atoms with van der Waals surface area (Å²) in [6, 6.07) is 5.66. The molecule has 1 aromatic heterocycles. The van der Waals surface area contributed by atoms with E-state index in [0.29, 0.717) is 16.4 Å². The van der Waals surface area contributed by atoms with Crippen molar-refractivity contribution in [2.75, 3.05) is 0 Å². The fourth-order valence-electron chi connectivity index (χ4n) is 2.22. The van der Waals surface area contributed by atoms with Crippen LogP contribution in [0.3, 0.4) is 0 Å². The molecule has 1 unspecified atom stereocenters. The Hall–Kier alpha value is -1.48. The van der Waals surface area contributed by atoms with Crippen LogP contribution in [0.4, 0.5) is 0 Å². The molecular formula is C15H18ClNO2. The van der Waals surface area contributed by atoms with Crippen molar-refractivity contribution in [1.82, 2.24) is 5.32 Å². The van der Waals surface area contributed by atoms with Crippen LogP contribution in [-0.2, 0) is 0 Å². The fourth-order valence-corrected chi connectivity index (χ4v) is 2.43. The van der Waals surface area contributed by atoms with Crippen LogP contribution >= 0.6 is 11.6 Å². The first-order chi connectivity index (χ1) is 9.04. The highest BCUT2D eigenvalue weighted by atomic mass is 35.5. The molecule has 0 aliphatic carbocycles. The van der Waals surface area contributed by atoms with Gasteiger partial charge in [-0.05, 0) is 26.3 Å². The summed E-state index contributed by atoms with van der Waals surface area (Å²) in [5, 5.41) is 4.36. The Morgan fingerprint density at radius 2 is 2.21 bits per heavy atom. The molecule has 1 aromatic carbocycles. The van der Waals surface area contributed by atoms with Gasteiger partial charge < -0.3 is 9.73 Å². The van der Waals surface area contributed by atoms with E-state index in [-0.39, 0.29) is 11.9 Å². The van der Waals surface area contributed by atoms with Gasteiger partial charge in [0.25, 0.3) is 5.91 Å². The lowest BCUT2D eigenvalue weighted by molar-refractivity contribution is 0.0911. The van der Waals surface area contributed by atoms with Gasteiger partial charge in [-0.3, -0.25) is 4.79 Å². The number of hydrogen-bond donors (Lipinski definition) is 1. The number of carbonyl (C=O) groups is 1. The summed E-state index contributed by atoms with van der Waals surface area (Å²) in [6.45, 7) is 5.96. The van der Waals surface area contributed by atoms with Gasteiger partial charge in [0.1, 0.15) is 0 Å². The predicted molar refractivity (Wildman–Crippen MR) is 77.8 cm³/mol. The predicted octanol–water partition coefficient (Wildman–Crippen LogP) is 4.31. The zero-order valence-electron chi connectivity index (χ0n) is 11.4. The number of carbonyl (C=O) groups excluding carboxylic acids is 1. The average molecular weight is 280 g/mol. The summed E-state index contributed by atoms with van der Waals surface area (Å²) in [6.07, 6.45) is 1.98. The van der Waals surface area contributed by atoms with E-state index in [9.17, 15) is 4.79 Å². The van der Waals surface area contributed by atoms with E-state index in [2.05, 4.69) is 12.2 Å². The molecule has 0 fully saturated rings. The van der Waals surface area contributed by atoms with Crippen LogP contribution in [0.15, 0.2) is 22.6 Å². The third-order valence-corrected chi connectivity index (χ3v) is 3.52. The molecule has 3 nitrogen and oxygen atoms in total. The van der Waals surface area contributed by atoms with E-state index in [1.165, 1.54) is 0 Å². The van der Waals surface area contributed by atoms with Gasteiger partial charge in [-0.2, -0.15) is 0 Å². The van der Waals surface area contributed by atoms with Gasteiger partial charge in [0.05, 0.1) is 5.02 Å². The Balaban J connectivity index is 2.32. The second-order valence-electron chi connectivity index (χ2n) is 4.84. The van der Waals surface area contributed by atoms with E-state index < -0.39 is 0 Å². The van der Waals surface area contributed by atoms with E-state index in [0.717, 1.165) is 23.8 Å². The molecule has 0 radical (unpaired) electrons. The van der Waals surface area contributed by atoms with E-state index in [4.69, 9.17) is 16.0 Å². The van der Waals surface area contributed by atoms with Crippen LogP contribution in [0.1, 0.15) is 42.8 Å². The van der Waals surface area contributed by atoms with Crippen LogP contribution in [0.2, 0.25) is 5.02 Å². The first-order valence-corrected chi connectivity index (χ1v) is 6.90. The van der Waals surface area contributed by atoms with Gasteiger partial charge in [-0.15, -0.1) is 0 Å². The Bertz CT molecular complexity index is 603. The molecule has 0 saturated carbocycles. The summed E-state index contributed by atoms with van der Waals surface area (Å²) >= 11 is 6.08. The SMILES string of the molecule is CCCC(C)NC(=O)c1oc2c(Cl)cccc2c1C. The summed E-state index contributed by atoms with van der Waals surface area (Å²) in [5.41, 5.74) is 1.41. The lowest BCUT2D eigenvalue weighted by Crippen LogP contribution is -2.32. The number of aryl methyl sites for hydroxylation is 1. The first-order valence-electron chi connectivity index (χ1n) is 6.53. The first kappa shape index (κ1) is 13.9. The third-order valence-electron chi connectivity index (χ3n) is 3.22. The van der Waals surface area contributed by atoms with Crippen LogP contribution in [-0.4, -0.2) is 11.9 Å². The van der Waals surface area contributed by atoms with Crippen molar-refractivity contribution in [3.05, 3.63) is 34.5 Å². The lowest BCUT2D eigenvalue weighted by atomic mass is 10.1. The zero-order chi connectivity index (χ0) is 14.0. The second-order valence-corrected chi connectivity index (χ2v) is 5.24. The summed E-state index contributed by atoms with van der Waals surface area (Å²) in [4.78, 5) is 12.2. The molecule has 0 aliphatic heterocycles. The average Bonchev–Trinajstić information content (AvgIpc) is 2.69. The number of halogens is 1. The number of nitrogens with one attached hydrogen (secondary N) is 1. The van der Waals surface area contributed by atoms with Gasteiger partial charge in [0.15, 0.2) is 11.3 Å². The standard InChI is InChI=1S/C15H18ClNO2/c1-4-6-9(2)17-15(18)13-10(3)11-7-5-8-12(16)14(11)19-13/h5,7-9H,4,6H2,1-3H3,(H,17,18). The number of fused-ring (bicyclic) bond motifs is 1. The van der Waals surface area contributed by atoms with Gasteiger partial charge in [0, 0.05) is 17.0 Å². The number of benzene rings is 1. The highest BCUT2D eigenvalue weighted by Crippen LogP contribution is 2.30. The number of furan rings is 1. The molecule has 0 aliphatic rings. The Labute approximate surface area is 117 Å². The zero-order valence-corrected chi connectivity index (χ0v) is 12.2. The largest absolute Gasteiger partial charge is 0.449 e. The van der Waals surface area contributed by atoms with Crippen molar-refractivity contribution in [1.29, 1.82) is 0 Å². The molecule has 2 rings (SSSR count). The maximum absolute atomic E-state index is 12.2. The second kappa shape index (κ2) is 5.66. The highest BCUT2D eigenvalue weighted by molar-refractivity contribution is 6.35. The van der Waals surface area contributed by atoms with Gasteiger partial charge in [-0.25, -0.2) is 0 Å². The normalized spacial score (nSPS) is 12.6. The third kappa shape index (κ3) is 2.76. The minimum absolute atomic E-state index is 0.139. The van der Waals surface area contributed by atoms with Crippen molar-refractivity contribution in [2.45, 2.75) is 39.7 Å². The maximum atomic E-state index is 12.2. The Morgan fingerprint density at radius 3 is 2.84 bits per heavy atom. The number of amides is 1. The summed E-state index contributed by atoms with van der Waals surface area (Å²) < 4.78 is 5.63. The van der Waals surface area contributed by atoms with E-state index >= 15 is 0 Å². The molecule has 1 heterocycles. The monoisotopic (exact) mass is 279 g/mol. The maximum Gasteiger partial charge on any atom is 0.287 e. The number of hydrogen-bond acceptors (Lipinski definition) is 2. The molecule has 1 amide bonds. The molecule has 1 atom stereocenters. The topological polar surface area (TPSA) is 42.2 Å². The van der Waals surface area contributed by atoms with Crippen LogP contribution < -0.4 is 5.32 Å². The highest BCUT2D eigenvalue weighted by Gasteiger charge is 2.19. The number of para-hydroxylation sites is 1. The van der Waals surface area contributed by atoms with E-state index in [1.807, 2.05) is 26.0 Å². The van der Waals surface area contributed by atoms with Gasteiger partial charge in [-0.1, -0.05) is 37.1 Å². The van der Waals surface area contributed by atoms with Crippen molar-refractivity contribution < 1.29 is 9.21 Å². The minimum Gasteiger partial charge on any atom is -0.449 e. The van der Waals surface area contributed by atoms with Crippen LogP contribution in [0.25, 0.3) is 11.0 Å². The molecule has 4 heteroatoms. The molecule has 0 spiro atoms. The van der Waals surface area contributed by atoms with Crippen molar-refractivity contribution in [2.24, 2.45) is 0 Å². The molecule has 19 heavy (non-hydrogen) atoms. The van der Waals surface area contributed by atoms with Gasteiger partial charge >= 0.3 is 0 Å². The number of rotatable bonds is 4. The Kier molecular flexibility index (Phi) is 4.15. The smallest absolute Gasteiger partial charge is 0.287 e. The fraction of sp³-hybridized carbons (Fsp3) is 0.400. The van der Waals surface area contributed by atoms with Gasteiger partial charge in [0.2, 0.25) is 0 Å². The van der Waals surface area contributed by atoms with Crippen molar-refractivity contribution >= 4 is 28.5 Å². The van der Waals surface area contributed by atoms with Crippen LogP contribution in [0.5, 0.6) is 0 Å². The molecule has 102 valence electrons. The molecule has 0 bridgehead atoms. The summed E-state index contributed by atoms with van der Waals surface area (Å²) in [7, 11) is 0. The quantitative estimate of drug-likeness (QED) is 0.906. The molecule has 2 aromatic rings. The Morgan fingerprint density at radius 1 is 1.47 bits per heavy atom. The molecule has 1 N–H and O–H groups in total.